The number of hydrogen-bond acceptors (Lipinski definition) is 2. The highest BCUT2D eigenvalue weighted by Gasteiger charge is 2.42. The van der Waals surface area contributed by atoms with Crippen molar-refractivity contribution >= 4 is 5.91 Å². The van der Waals surface area contributed by atoms with Crippen molar-refractivity contribution in [1.82, 2.24) is 10.2 Å². The van der Waals surface area contributed by atoms with Crippen molar-refractivity contribution in [3.8, 4) is 0 Å². The van der Waals surface area contributed by atoms with Crippen LogP contribution >= 0.6 is 0 Å². The Morgan fingerprint density at radius 3 is 2.35 bits per heavy atom. The van der Waals surface area contributed by atoms with E-state index in [0.29, 0.717) is 23.7 Å². The lowest BCUT2D eigenvalue weighted by molar-refractivity contribution is -0.132. The summed E-state index contributed by atoms with van der Waals surface area (Å²) < 4.78 is 0. The van der Waals surface area contributed by atoms with Crippen LogP contribution in [0.2, 0.25) is 0 Å². The third-order valence-corrected chi connectivity index (χ3v) is 5.25. The number of hydrogen-bond donors (Lipinski definition) is 1. The summed E-state index contributed by atoms with van der Waals surface area (Å²) in [6.07, 6.45) is 5.56. The zero-order valence-corrected chi connectivity index (χ0v) is 13.9. The van der Waals surface area contributed by atoms with E-state index in [4.69, 9.17) is 0 Å². The summed E-state index contributed by atoms with van der Waals surface area (Å²) in [5.74, 6) is 2.64. The van der Waals surface area contributed by atoms with Crippen molar-refractivity contribution in [2.24, 2.45) is 23.7 Å². The molecule has 1 amide bonds. The van der Waals surface area contributed by atoms with Crippen LogP contribution in [0.5, 0.6) is 0 Å². The second-order valence-electron chi connectivity index (χ2n) is 7.59. The number of rotatable bonds is 4. The van der Waals surface area contributed by atoms with Crippen LogP contribution < -0.4 is 5.32 Å². The second-order valence-corrected chi connectivity index (χ2v) is 7.59. The van der Waals surface area contributed by atoms with E-state index in [1.54, 1.807) is 0 Å². The predicted molar refractivity (Wildman–Crippen MR) is 83.2 cm³/mol. The zero-order chi connectivity index (χ0) is 14.9. The molecule has 1 saturated carbocycles. The molecule has 0 aromatic rings. The van der Waals surface area contributed by atoms with E-state index >= 15 is 0 Å². The summed E-state index contributed by atoms with van der Waals surface area (Å²) in [5.41, 5.74) is 0. The first-order valence-corrected chi connectivity index (χ1v) is 8.48. The Morgan fingerprint density at radius 1 is 1.15 bits per heavy atom. The van der Waals surface area contributed by atoms with E-state index in [1.165, 1.54) is 25.7 Å². The lowest BCUT2D eigenvalue weighted by Gasteiger charge is -2.35. The van der Waals surface area contributed by atoms with Crippen LogP contribution in [0.15, 0.2) is 0 Å². The molecule has 2 rings (SSSR count). The second kappa shape index (κ2) is 6.46. The summed E-state index contributed by atoms with van der Waals surface area (Å²) in [6, 6.07) is 0.0151. The molecule has 1 aliphatic carbocycles. The lowest BCUT2D eigenvalue weighted by Crippen LogP contribution is -2.45. The van der Waals surface area contributed by atoms with E-state index in [2.05, 4.69) is 44.8 Å². The minimum absolute atomic E-state index is 0.0151. The number of amides is 1. The van der Waals surface area contributed by atoms with Gasteiger partial charge in [-0.3, -0.25) is 10.1 Å². The quantitative estimate of drug-likeness (QED) is 0.857. The molecule has 1 N–H and O–H groups in total. The molecule has 0 radical (unpaired) electrons. The first kappa shape index (κ1) is 15.8. The Balaban J connectivity index is 2.08. The topological polar surface area (TPSA) is 32.3 Å². The minimum Gasteiger partial charge on any atom is -0.325 e. The number of nitrogens with zero attached hydrogens (tertiary/aromatic N) is 1. The van der Waals surface area contributed by atoms with Gasteiger partial charge in [-0.1, -0.05) is 53.9 Å². The van der Waals surface area contributed by atoms with Gasteiger partial charge in [-0.2, -0.15) is 0 Å². The minimum atomic E-state index is 0.0151. The fraction of sp³-hybridized carbons (Fsp3) is 0.941. The molecule has 1 saturated heterocycles. The molecule has 3 heteroatoms. The van der Waals surface area contributed by atoms with Crippen LogP contribution in [0.3, 0.4) is 0 Å². The normalized spacial score (nSPS) is 35.4. The standard InChI is InChI=1S/C17H32N2O/c1-11(2)15-17(20)19(16(18-15)12(3)4)10-14-9-7-6-8-13(14)5/h11-16,18H,6-10H2,1-5H3. The van der Waals surface area contributed by atoms with E-state index < -0.39 is 0 Å². The largest absolute Gasteiger partial charge is 0.325 e. The van der Waals surface area contributed by atoms with Crippen molar-refractivity contribution in [2.75, 3.05) is 6.54 Å². The third kappa shape index (κ3) is 3.19. The first-order valence-electron chi connectivity index (χ1n) is 8.48. The van der Waals surface area contributed by atoms with Crippen LogP contribution in [-0.2, 0) is 4.79 Å². The summed E-state index contributed by atoms with van der Waals surface area (Å²) in [6.45, 7) is 12.0. The van der Waals surface area contributed by atoms with Crippen molar-refractivity contribution in [1.29, 1.82) is 0 Å². The van der Waals surface area contributed by atoms with E-state index in [1.807, 2.05) is 0 Å². The van der Waals surface area contributed by atoms with Crippen LogP contribution in [0.25, 0.3) is 0 Å². The van der Waals surface area contributed by atoms with Crippen molar-refractivity contribution in [3.63, 3.8) is 0 Å². The maximum atomic E-state index is 12.7. The summed E-state index contributed by atoms with van der Waals surface area (Å²) in [7, 11) is 0. The molecule has 4 atom stereocenters. The molecule has 2 fully saturated rings. The molecule has 3 nitrogen and oxygen atoms in total. The molecular formula is C17H32N2O. The maximum Gasteiger partial charge on any atom is 0.241 e. The van der Waals surface area contributed by atoms with Gasteiger partial charge < -0.3 is 4.90 Å². The Hall–Kier alpha value is -0.570. The van der Waals surface area contributed by atoms with Crippen molar-refractivity contribution in [3.05, 3.63) is 0 Å². The molecule has 0 spiro atoms. The lowest BCUT2D eigenvalue weighted by atomic mass is 9.80. The molecule has 116 valence electrons. The number of carbonyl (C=O) groups excluding carboxylic acids is 1. The zero-order valence-electron chi connectivity index (χ0n) is 13.9. The van der Waals surface area contributed by atoms with E-state index in [-0.39, 0.29) is 12.2 Å². The highest BCUT2D eigenvalue weighted by Crippen LogP contribution is 2.32. The molecule has 1 aliphatic heterocycles. The van der Waals surface area contributed by atoms with Crippen molar-refractivity contribution < 1.29 is 4.79 Å². The summed E-state index contributed by atoms with van der Waals surface area (Å²) >= 11 is 0. The van der Waals surface area contributed by atoms with Gasteiger partial charge in [-0.05, 0) is 30.1 Å². The van der Waals surface area contributed by atoms with Crippen LogP contribution in [0, 0.1) is 23.7 Å². The average Bonchev–Trinajstić information content (AvgIpc) is 2.70. The smallest absolute Gasteiger partial charge is 0.241 e. The van der Waals surface area contributed by atoms with Gasteiger partial charge in [0.15, 0.2) is 0 Å². The summed E-state index contributed by atoms with van der Waals surface area (Å²) in [4.78, 5) is 14.9. The fourth-order valence-corrected chi connectivity index (χ4v) is 3.81. The molecule has 4 unspecified atom stereocenters. The fourth-order valence-electron chi connectivity index (χ4n) is 3.81. The van der Waals surface area contributed by atoms with E-state index in [9.17, 15) is 4.79 Å². The van der Waals surface area contributed by atoms with Gasteiger partial charge in [0.2, 0.25) is 5.91 Å². The molecule has 0 aromatic heterocycles. The Bertz CT molecular complexity index is 340. The van der Waals surface area contributed by atoms with Gasteiger partial charge in [0.05, 0.1) is 12.2 Å². The molecule has 20 heavy (non-hydrogen) atoms. The Morgan fingerprint density at radius 2 is 1.80 bits per heavy atom. The van der Waals surface area contributed by atoms with Gasteiger partial charge in [-0.15, -0.1) is 0 Å². The van der Waals surface area contributed by atoms with Crippen LogP contribution in [0.1, 0.15) is 60.3 Å². The first-order chi connectivity index (χ1) is 9.41. The predicted octanol–water partition coefficient (Wildman–Crippen LogP) is 3.25. The van der Waals surface area contributed by atoms with Crippen molar-refractivity contribution in [2.45, 2.75) is 72.5 Å². The molecule has 2 aliphatic rings. The Labute approximate surface area is 124 Å². The van der Waals surface area contributed by atoms with Crippen LogP contribution in [0.4, 0.5) is 0 Å². The monoisotopic (exact) mass is 280 g/mol. The highest BCUT2D eigenvalue weighted by atomic mass is 16.2. The van der Waals surface area contributed by atoms with Crippen LogP contribution in [-0.4, -0.2) is 29.6 Å². The Kier molecular flexibility index (Phi) is 5.11. The molecule has 0 bridgehead atoms. The molecule has 0 aromatic carbocycles. The highest BCUT2D eigenvalue weighted by molar-refractivity contribution is 5.84. The maximum absolute atomic E-state index is 12.7. The van der Waals surface area contributed by atoms with Gasteiger partial charge >= 0.3 is 0 Å². The van der Waals surface area contributed by atoms with E-state index in [0.717, 1.165) is 12.5 Å². The van der Waals surface area contributed by atoms with Gasteiger partial charge in [0, 0.05) is 6.54 Å². The SMILES string of the molecule is CC(C)C1NC(C(C)C)N(CC2CCCCC2C)C1=O. The van der Waals surface area contributed by atoms with Gasteiger partial charge in [-0.25, -0.2) is 0 Å². The molecular weight excluding hydrogens is 248 g/mol. The number of carbonyl (C=O) groups is 1. The van der Waals surface area contributed by atoms with Gasteiger partial charge in [0.1, 0.15) is 0 Å². The average molecular weight is 280 g/mol. The molecule has 1 heterocycles. The number of nitrogens with one attached hydrogen (secondary N) is 1. The summed E-state index contributed by atoms with van der Waals surface area (Å²) in [5, 5.41) is 3.57. The van der Waals surface area contributed by atoms with Gasteiger partial charge in [0.25, 0.3) is 0 Å². The third-order valence-electron chi connectivity index (χ3n) is 5.25.